The standard InChI is InChI=1S/C19H22N2O4/c1-12-7-6-8-13(2)17(12)25-16-10-5-4-9-15(16)21-19(24)18(23)20-14(3)11-22/h4-10,14,22H,11H2,1-3H3,(H,20,23)(H,21,24)/t14-/m1/s1. The molecule has 0 spiro atoms. The highest BCUT2D eigenvalue weighted by molar-refractivity contribution is 6.39. The first-order valence-electron chi connectivity index (χ1n) is 7.98. The number of amides is 2. The molecule has 0 bridgehead atoms. The van der Waals surface area contributed by atoms with Gasteiger partial charge in [-0.3, -0.25) is 9.59 Å². The van der Waals surface area contributed by atoms with E-state index in [1.807, 2.05) is 32.0 Å². The van der Waals surface area contributed by atoms with Gasteiger partial charge in [0.2, 0.25) is 0 Å². The number of aryl methyl sites for hydroxylation is 2. The summed E-state index contributed by atoms with van der Waals surface area (Å²) in [6.07, 6.45) is 0. The smallest absolute Gasteiger partial charge is 0.313 e. The van der Waals surface area contributed by atoms with Crippen molar-refractivity contribution in [3.05, 3.63) is 53.6 Å². The van der Waals surface area contributed by atoms with E-state index in [2.05, 4.69) is 10.6 Å². The van der Waals surface area contributed by atoms with Crippen LogP contribution in [0.15, 0.2) is 42.5 Å². The molecular weight excluding hydrogens is 320 g/mol. The van der Waals surface area contributed by atoms with Crippen molar-refractivity contribution >= 4 is 17.5 Å². The molecule has 0 unspecified atom stereocenters. The van der Waals surface area contributed by atoms with E-state index < -0.39 is 17.9 Å². The zero-order valence-corrected chi connectivity index (χ0v) is 14.5. The number of aliphatic hydroxyl groups excluding tert-OH is 1. The van der Waals surface area contributed by atoms with Crippen LogP contribution in [0.2, 0.25) is 0 Å². The van der Waals surface area contributed by atoms with Crippen LogP contribution in [0.1, 0.15) is 18.1 Å². The average Bonchev–Trinajstić information content (AvgIpc) is 2.59. The molecule has 0 radical (unpaired) electrons. The lowest BCUT2D eigenvalue weighted by atomic mass is 10.1. The molecular formula is C19H22N2O4. The van der Waals surface area contributed by atoms with Crippen molar-refractivity contribution in [2.24, 2.45) is 0 Å². The van der Waals surface area contributed by atoms with Crippen molar-refractivity contribution in [1.82, 2.24) is 5.32 Å². The Morgan fingerprint density at radius 3 is 2.32 bits per heavy atom. The van der Waals surface area contributed by atoms with Crippen molar-refractivity contribution in [3.8, 4) is 11.5 Å². The maximum Gasteiger partial charge on any atom is 0.313 e. The van der Waals surface area contributed by atoms with Gasteiger partial charge in [-0.15, -0.1) is 0 Å². The van der Waals surface area contributed by atoms with Gasteiger partial charge in [0.15, 0.2) is 5.75 Å². The SMILES string of the molecule is Cc1cccc(C)c1Oc1ccccc1NC(=O)C(=O)N[C@H](C)CO. The Kier molecular flexibility index (Phi) is 6.14. The number of carbonyl (C=O) groups excluding carboxylic acids is 2. The van der Waals surface area contributed by atoms with Gasteiger partial charge in [-0.2, -0.15) is 0 Å². The average molecular weight is 342 g/mol. The van der Waals surface area contributed by atoms with Gasteiger partial charge in [0.25, 0.3) is 0 Å². The van der Waals surface area contributed by atoms with Crippen molar-refractivity contribution in [2.45, 2.75) is 26.8 Å². The van der Waals surface area contributed by atoms with E-state index in [4.69, 9.17) is 9.84 Å². The van der Waals surface area contributed by atoms with E-state index in [-0.39, 0.29) is 6.61 Å². The normalized spacial score (nSPS) is 11.5. The summed E-state index contributed by atoms with van der Waals surface area (Å²) in [6.45, 7) is 5.23. The van der Waals surface area contributed by atoms with Crippen molar-refractivity contribution < 1.29 is 19.4 Å². The van der Waals surface area contributed by atoms with E-state index in [1.165, 1.54) is 0 Å². The molecule has 0 aliphatic rings. The summed E-state index contributed by atoms with van der Waals surface area (Å²) in [4.78, 5) is 23.9. The fourth-order valence-corrected chi connectivity index (χ4v) is 2.24. The van der Waals surface area contributed by atoms with Gasteiger partial charge in [-0.05, 0) is 44.0 Å². The molecule has 0 aliphatic heterocycles. The number of carbonyl (C=O) groups is 2. The van der Waals surface area contributed by atoms with Crippen LogP contribution in [-0.4, -0.2) is 29.6 Å². The van der Waals surface area contributed by atoms with Crippen LogP contribution in [0, 0.1) is 13.8 Å². The topological polar surface area (TPSA) is 87.7 Å². The molecule has 25 heavy (non-hydrogen) atoms. The van der Waals surface area contributed by atoms with Crippen LogP contribution in [0.3, 0.4) is 0 Å². The molecule has 2 aromatic carbocycles. The Hall–Kier alpha value is -2.86. The lowest BCUT2D eigenvalue weighted by Crippen LogP contribution is -2.42. The van der Waals surface area contributed by atoms with Gasteiger partial charge in [-0.25, -0.2) is 0 Å². The van der Waals surface area contributed by atoms with Crippen molar-refractivity contribution in [1.29, 1.82) is 0 Å². The summed E-state index contributed by atoms with van der Waals surface area (Å²) in [5, 5.41) is 13.9. The Bertz CT molecular complexity index is 754. The Morgan fingerprint density at radius 1 is 1.04 bits per heavy atom. The Labute approximate surface area is 146 Å². The molecule has 3 N–H and O–H groups in total. The first kappa shape index (κ1) is 18.5. The number of benzene rings is 2. The predicted molar refractivity (Wildman–Crippen MR) is 95.8 cm³/mol. The molecule has 0 saturated carbocycles. The van der Waals surface area contributed by atoms with Gasteiger partial charge < -0.3 is 20.5 Å². The zero-order chi connectivity index (χ0) is 18.4. The molecule has 132 valence electrons. The maximum atomic E-state index is 12.0. The molecule has 0 aliphatic carbocycles. The number of para-hydroxylation sites is 3. The monoisotopic (exact) mass is 342 g/mol. The maximum absolute atomic E-state index is 12.0. The van der Waals surface area contributed by atoms with Crippen LogP contribution >= 0.6 is 0 Å². The number of nitrogens with one attached hydrogen (secondary N) is 2. The highest BCUT2D eigenvalue weighted by Crippen LogP contribution is 2.33. The predicted octanol–water partition coefficient (Wildman–Crippen LogP) is 2.53. The molecule has 0 saturated heterocycles. The molecule has 1 atom stereocenters. The highest BCUT2D eigenvalue weighted by Gasteiger charge is 2.18. The zero-order valence-electron chi connectivity index (χ0n) is 14.5. The summed E-state index contributed by atoms with van der Waals surface area (Å²) < 4.78 is 5.97. The van der Waals surface area contributed by atoms with Gasteiger partial charge in [0.1, 0.15) is 5.75 Å². The Morgan fingerprint density at radius 2 is 1.68 bits per heavy atom. The molecule has 0 heterocycles. The lowest BCUT2D eigenvalue weighted by molar-refractivity contribution is -0.136. The number of ether oxygens (including phenoxy) is 1. The molecule has 2 rings (SSSR count). The molecule has 6 nitrogen and oxygen atoms in total. The van der Waals surface area contributed by atoms with Crippen LogP contribution in [0.4, 0.5) is 5.69 Å². The Balaban J connectivity index is 2.18. The molecule has 2 aromatic rings. The molecule has 6 heteroatoms. The molecule has 0 aromatic heterocycles. The van der Waals surface area contributed by atoms with E-state index in [0.717, 1.165) is 11.1 Å². The number of aliphatic hydroxyl groups is 1. The van der Waals surface area contributed by atoms with E-state index >= 15 is 0 Å². The molecule has 2 amide bonds. The minimum atomic E-state index is -0.821. The van der Waals surface area contributed by atoms with Gasteiger partial charge in [0, 0.05) is 6.04 Å². The minimum Gasteiger partial charge on any atom is -0.455 e. The fraction of sp³-hybridized carbons (Fsp3) is 0.263. The summed E-state index contributed by atoms with van der Waals surface area (Å²) in [5.41, 5.74) is 2.33. The van der Waals surface area contributed by atoms with E-state index in [1.54, 1.807) is 31.2 Å². The van der Waals surface area contributed by atoms with Gasteiger partial charge in [-0.1, -0.05) is 30.3 Å². The highest BCUT2D eigenvalue weighted by atomic mass is 16.5. The molecule has 0 fully saturated rings. The summed E-state index contributed by atoms with van der Waals surface area (Å²) in [6, 6.07) is 12.2. The van der Waals surface area contributed by atoms with E-state index in [0.29, 0.717) is 17.2 Å². The second-order valence-electron chi connectivity index (χ2n) is 5.83. The van der Waals surface area contributed by atoms with Crippen LogP contribution in [-0.2, 0) is 9.59 Å². The summed E-state index contributed by atoms with van der Waals surface area (Å²) in [5.74, 6) is -0.486. The minimum absolute atomic E-state index is 0.245. The van der Waals surface area contributed by atoms with Crippen LogP contribution in [0.25, 0.3) is 0 Å². The number of anilines is 1. The third-order valence-corrected chi connectivity index (χ3v) is 3.61. The second kappa shape index (κ2) is 8.30. The van der Waals surface area contributed by atoms with Crippen molar-refractivity contribution in [2.75, 3.05) is 11.9 Å². The lowest BCUT2D eigenvalue weighted by Gasteiger charge is -2.16. The van der Waals surface area contributed by atoms with Crippen LogP contribution in [0.5, 0.6) is 11.5 Å². The number of hydrogen-bond acceptors (Lipinski definition) is 4. The fourth-order valence-electron chi connectivity index (χ4n) is 2.24. The largest absolute Gasteiger partial charge is 0.455 e. The number of rotatable bonds is 5. The second-order valence-corrected chi connectivity index (χ2v) is 5.83. The first-order valence-corrected chi connectivity index (χ1v) is 7.98. The van der Waals surface area contributed by atoms with Crippen molar-refractivity contribution in [3.63, 3.8) is 0 Å². The third-order valence-electron chi connectivity index (χ3n) is 3.61. The van der Waals surface area contributed by atoms with Gasteiger partial charge in [0.05, 0.1) is 12.3 Å². The number of hydrogen-bond donors (Lipinski definition) is 3. The quantitative estimate of drug-likeness (QED) is 0.729. The van der Waals surface area contributed by atoms with E-state index in [9.17, 15) is 9.59 Å². The van der Waals surface area contributed by atoms with Crippen LogP contribution < -0.4 is 15.4 Å². The van der Waals surface area contributed by atoms with Gasteiger partial charge >= 0.3 is 11.8 Å². The third kappa shape index (κ3) is 4.81. The summed E-state index contributed by atoms with van der Waals surface area (Å²) in [7, 11) is 0. The summed E-state index contributed by atoms with van der Waals surface area (Å²) >= 11 is 0. The first-order chi connectivity index (χ1) is 11.9.